The van der Waals surface area contributed by atoms with Gasteiger partial charge in [0.15, 0.2) is 9.84 Å². The van der Waals surface area contributed by atoms with Gasteiger partial charge in [0.25, 0.3) is 0 Å². The summed E-state index contributed by atoms with van der Waals surface area (Å²) >= 11 is 6.26. The van der Waals surface area contributed by atoms with Crippen molar-refractivity contribution in [2.24, 2.45) is 22.4 Å². The molecule has 1 atom stereocenters. The zero-order valence-electron chi connectivity index (χ0n) is 17.3. The van der Waals surface area contributed by atoms with Gasteiger partial charge in [-0.15, -0.1) is 0 Å². The van der Waals surface area contributed by atoms with E-state index in [1.54, 1.807) is 0 Å². The maximum Gasteiger partial charge on any atom is 0.417 e. The number of nitrogens with two attached hydrogens (primary N) is 2. The maximum atomic E-state index is 13.9. The zero-order valence-corrected chi connectivity index (χ0v) is 18.9. The molecule has 6 N–H and O–H groups in total. The quantitative estimate of drug-likeness (QED) is 0.493. The number of nitrogens with zero attached hydrogens (tertiary/aromatic N) is 1. The lowest BCUT2D eigenvalue weighted by Gasteiger charge is -2.24. The number of benzene rings is 2. The number of hydrogen-bond acceptors (Lipinski definition) is 7. The normalized spacial score (nSPS) is 19.2. The molecule has 32 heavy (non-hydrogen) atoms. The van der Waals surface area contributed by atoms with Gasteiger partial charge < -0.3 is 5.73 Å². The van der Waals surface area contributed by atoms with Crippen LogP contribution >= 0.6 is 11.6 Å². The van der Waals surface area contributed by atoms with Crippen molar-refractivity contribution in [2.75, 3.05) is 5.75 Å². The van der Waals surface area contributed by atoms with Crippen molar-refractivity contribution in [1.82, 2.24) is 10.9 Å². The van der Waals surface area contributed by atoms with Crippen molar-refractivity contribution in [3.8, 4) is 11.1 Å². The molecule has 0 fully saturated rings. The van der Waals surface area contributed by atoms with Crippen molar-refractivity contribution >= 4 is 27.4 Å². The van der Waals surface area contributed by atoms with E-state index in [2.05, 4.69) is 15.8 Å². The van der Waals surface area contributed by atoms with Crippen LogP contribution < -0.4 is 22.3 Å². The van der Waals surface area contributed by atoms with Crippen LogP contribution in [0.5, 0.6) is 0 Å². The van der Waals surface area contributed by atoms with Crippen LogP contribution in [0.2, 0.25) is 5.02 Å². The molecule has 0 saturated heterocycles. The van der Waals surface area contributed by atoms with E-state index >= 15 is 0 Å². The smallest absolute Gasteiger partial charge is 0.369 e. The summed E-state index contributed by atoms with van der Waals surface area (Å²) < 4.78 is 66.8. The molecule has 3 rings (SSSR count). The van der Waals surface area contributed by atoms with Crippen LogP contribution in [0.1, 0.15) is 31.4 Å². The Morgan fingerprint density at radius 3 is 2.31 bits per heavy atom. The fourth-order valence-electron chi connectivity index (χ4n) is 3.22. The third-order valence-corrected chi connectivity index (χ3v) is 7.04. The van der Waals surface area contributed by atoms with Crippen LogP contribution in [0.3, 0.4) is 0 Å². The van der Waals surface area contributed by atoms with Gasteiger partial charge in [0.2, 0.25) is 11.7 Å². The lowest BCUT2D eigenvalue weighted by molar-refractivity contribution is -0.137. The van der Waals surface area contributed by atoms with Crippen LogP contribution in [0.15, 0.2) is 46.3 Å². The van der Waals surface area contributed by atoms with E-state index in [-0.39, 0.29) is 44.2 Å². The van der Waals surface area contributed by atoms with E-state index in [1.165, 1.54) is 30.3 Å². The van der Waals surface area contributed by atoms with Crippen LogP contribution in [-0.2, 0) is 21.8 Å². The van der Waals surface area contributed by atoms with E-state index in [1.807, 2.05) is 13.8 Å². The van der Waals surface area contributed by atoms with Crippen molar-refractivity contribution in [3.05, 3.63) is 52.5 Å². The van der Waals surface area contributed by atoms with Crippen molar-refractivity contribution in [3.63, 3.8) is 0 Å². The summed E-state index contributed by atoms with van der Waals surface area (Å²) in [6, 6.07) is 7.28. The number of sulfone groups is 1. The summed E-state index contributed by atoms with van der Waals surface area (Å²) in [5.41, 5.74) is 15.2. The van der Waals surface area contributed by atoms with Gasteiger partial charge in [0.05, 0.1) is 16.2 Å². The molecule has 2 aromatic rings. The molecule has 1 aliphatic rings. The van der Waals surface area contributed by atoms with Gasteiger partial charge in [-0.05, 0) is 42.2 Å². The van der Waals surface area contributed by atoms with Crippen LogP contribution in [0.4, 0.5) is 13.2 Å². The van der Waals surface area contributed by atoms with E-state index in [9.17, 15) is 21.6 Å². The number of hydrogen-bond donors (Lipinski definition) is 4. The molecule has 0 aromatic heterocycles. The standard InChI is InChI=1S/C20H23ClF3N5O2S/c1-11(2)7-8-32(30,31)14-5-3-12(4-6-14)17-15(19(22,23)24)9-13(10-16(17)21)20(26)27-18(25)28-29-20/h3-6,9-11,29H,7-8,26H2,1-2H3,(H3,25,27,28). The van der Waals surface area contributed by atoms with Gasteiger partial charge >= 0.3 is 6.18 Å². The number of alkyl halides is 3. The first-order valence-electron chi connectivity index (χ1n) is 9.65. The molecule has 0 bridgehead atoms. The first-order chi connectivity index (χ1) is 14.7. The topological polar surface area (TPSA) is 123 Å². The number of rotatable bonds is 6. The Balaban J connectivity index is 2.06. The van der Waals surface area contributed by atoms with Gasteiger partial charge in [-0.25, -0.2) is 13.4 Å². The van der Waals surface area contributed by atoms with Gasteiger partial charge in [-0.3, -0.25) is 11.2 Å². The minimum Gasteiger partial charge on any atom is -0.369 e. The number of nitrogens with one attached hydrogen (secondary N) is 2. The Labute approximate surface area is 188 Å². The van der Waals surface area contributed by atoms with E-state index in [4.69, 9.17) is 23.1 Å². The molecule has 0 radical (unpaired) electrons. The van der Waals surface area contributed by atoms with Gasteiger partial charge in [-0.2, -0.15) is 18.6 Å². The lowest BCUT2D eigenvalue weighted by Crippen LogP contribution is -2.50. The fraction of sp³-hybridized carbons (Fsp3) is 0.350. The van der Waals surface area contributed by atoms with Crippen LogP contribution in [-0.4, -0.2) is 20.1 Å². The molecule has 1 unspecified atom stereocenters. The predicted molar refractivity (Wildman–Crippen MR) is 117 cm³/mol. The molecule has 2 aromatic carbocycles. The summed E-state index contributed by atoms with van der Waals surface area (Å²) in [5, 5.41) is -0.225. The molecule has 12 heteroatoms. The van der Waals surface area contributed by atoms with Gasteiger partial charge in [0.1, 0.15) is 0 Å². The van der Waals surface area contributed by atoms with Crippen LogP contribution in [0.25, 0.3) is 11.1 Å². The molecule has 0 saturated carbocycles. The third kappa shape index (κ3) is 5.01. The largest absolute Gasteiger partial charge is 0.417 e. The van der Waals surface area contributed by atoms with Crippen molar-refractivity contribution in [1.29, 1.82) is 0 Å². The Kier molecular flexibility index (Phi) is 6.49. The van der Waals surface area contributed by atoms with Crippen molar-refractivity contribution in [2.45, 2.75) is 37.1 Å². The van der Waals surface area contributed by atoms with E-state index in [0.29, 0.717) is 6.42 Å². The lowest BCUT2D eigenvalue weighted by atomic mass is 9.95. The molecular weight excluding hydrogens is 467 g/mol. The second-order valence-corrected chi connectivity index (χ2v) is 10.4. The Morgan fingerprint density at radius 2 is 1.81 bits per heavy atom. The first-order valence-corrected chi connectivity index (χ1v) is 11.7. The summed E-state index contributed by atoms with van der Waals surface area (Å²) in [6.07, 6.45) is -4.29. The minimum absolute atomic E-state index is 0.0372. The molecule has 0 spiro atoms. The summed E-state index contributed by atoms with van der Waals surface area (Å²) in [7, 11) is -3.55. The molecule has 174 valence electrons. The third-order valence-electron chi connectivity index (χ3n) is 4.98. The summed E-state index contributed by atoms with van der Waals surface area (Å²) in [6.45, 7) is 3.82. The van der Waals surface area contributed by atoms with E-state index in [0.717, 1.165) is 6.07 Å². The summed E-state index contributed by atoms with van der Waals surface area (Å²) in [5.74, 6) is -1.67. The second-order valence-electron chi connectivity index (χ2n) is 7.92. The average molecular weight is 490 g/mol. The molecular formula is C20H23ClF3N5O2S. The highest BCUT2D eigenvalue weighted by molar-refractivity contribution is 7.91. The van der Waals surface area contributed by atoms with Crippen molar-refractivity contribution < 1.29 is 21.6 Å². The van der Waals surface area contributed by atoms with Gasteiger partial charge in [0, 0.05) is 16.1 Å². The highest BCUT2D eigenvalue weighted by Gasteiger charge is 2.39. The molecule has 1 aliphatic heterocycles. The monoisotopic (exact) mass is 489 g/mol. The number of aliphatic imine (C=N–C) groups is 1. The summed E-state index contributed by atoms with van der Waals surface area (Å²) in [4.78, 5) is 3.92. The van der Waals surface area contributed by atoms with Crippen LogP contribution in [0, 0.1) is 5.92 Å². The SMILES string of the molecule is CC(C)CCS(=O)(=O)c1ccc(-c2c(Cl)cc(C3(N)N=C(N)NN3)cc2C(F)(F)F)cc1. The minimum atomic E-state index is -4.77. The van der Waals surface area contributed by atoms with Gasteiger partial charge in [-0.1, -0.05) is 37.6 Å². The Bertz CT molecular complexity index is 1150. The second kappa shape index (κ2) is 8.54. The molecule has 7 nitrogen and oxygen atoms in total. The average Bonchev–Trinajstić information content (AvgIpc) is 3.05. The number of halogens is 4. The fourth-order valence-corrected chi connectivity index (χ4v) is 5.12. The van der Waals surface area contributed by atoms with E-state index < -0.39 is 27.4 Å². The molecule has 0 amide bonds. The number of guanidine groups is 1. The maximum absolute atomic E-state index is 13.9. The highest BCUT2D eigenvalue weighted by Crippen LogP contribution is 2.43. The first kappa shape index (κ1) is 24.3. The molecule has 0 aliphatic carbocycles. The zero-order chi connectivity index (χ0) is 23.9. The Hall–Kier alpha value is -2.34. The highest BCUT2D eigenvalue weighted by atomic mass is 35.5. The Morgan fingerprint density at radius 1 is 1.19 bits per heavy atom. The number of hydrazine groups is 1. The molecule has 1 heterocycles. The predicted octanol–water partition coefficient (Wildman–Crippen LogP) is 3.34.